The highest BCUT2D eigenvalue weighted by molar-refractivity contribution is 5.87. The Morgan fingerprint density at radius 3 is 2.78 bits per heavy atom. The van der Waals surface area contributed by atoms with Gasteiger partial charge in [0.05, 0.1) is 5.56 Å². The number of carboxylic acids is 1. The molecule has 1 amide bonds. The van der Waals surface area contributed by atoms with E-state index in [1.165, 1.54) is 0 Å². The van der Waals surface area contributed by atoms with E-state index in [0.29, 0.717) is 19.4 Å². The molecule has 0 aliphatic heterocycles. The van der Waals surface area contributed by atoms with Crippen molar-refractivity contribution in [3.05, 3.63) is 35.4 Å². The lowest BCUT2D eigenvalue weighted by Gasteiger charge is -2.07. The number of aromatic carboxylic acids is 1. The Kier molecular flexibility index (Phi) is 5.32. The van der Waals surface area contributed by atoms with Gasteiger partial charge in [-0.3, -0.25) is 4.79 Å². The van der Waals surface area contributed by atoms with Crippen LogP contribution >= 0.6 is 0 Å². The molecular formula is C13H18N2O3. The molecule has 1 aromatic carbocycles. The van der Waals surface area contributed by atoms with Crippen LogP contribution in [0.1, 0.15) is 29.3 Å². The average molecular weight is 250 g/mol. The Balaban J connectivity index is 2.42. The molecule has 0 saturated carbocycles. The van der Waals surface area contributed by atoms with E-state index in [4.69, 9.17) is 10.8 Å². The monoisotopic (exact) mass is 250 g/mol. The fourth-order valence-corrected chi connectivity index (χ4v) is 1.57. The van der Waals surface area contributed by atoms with E-state index in [-0.39, 0.29) is 17.5 Å². The van der Waals surface area contributed by atoms with Crippen LogP contribution in [0.15, 0.2) is 24.3 Å². The first-order chi connectivity index (χ1) is 8.49. The van der Waals surface area contributed by atoms with Crippen LogP contribution in [0.5, 0.6) is 0 Å². The standard InChI is InChI=1S/C13H18N2O3/c1-9(14)7-12(16)15-6-5-10-3-2-4-11(8-10)13(17)18/h2-4,8-9H,5-7,14H2,1H3,(H,15,16)(H,17,18). The normalized spacial score (nSPS) is 11.9. The lowest BCUT2D eigenvalue weighted by Crippen LogP contribution is -2.31. The molecule has 0 bridgehead atoms. The number of carbonyl (C=O) groups is 2. The minimum absolute atomic E-state index is 0.0839. The average Bonchev–Trinajstić information content (AvgIpc) is 2.28. The zero-order chi connectivity index (χ0) is 13.5. The van der Waals surface area contributed by atoms with Crippen molar-refractivity contribution in [2.24, 2.45) is 5.73 Å². The molecule has 0 spiro atoms. The van der Waals surface area contributed by atoms with Gasteiger partial charge in [0.1, 0.15) is 0 Å². The Labute approximate surface area is 106 Å². The lowest BCUT2D eigenvalue weighted by molar-refractivity contribution is -0.121. The molecule has 0 aromatic heterocycles. The molecule has 4 N–H and O–H groups in total. The first-order valence-electron chi connectivity index (χ1n) is 5.83. The van der Waals surface area contributed by atoms with Gasteiger partial charge in [-0.25, -0.2) is 4.79 Å². The molecule has 5 heteroatoms. The SMILES string of the molecule is CC(N)CC(=O)NCCc1cccc(C(=O)O)c1. The maximum Gasteiger partial charge on any atom is 0.335 e. The van der Waals surface area contributed by atoms with Crippen molar-refractivity contribution in [3.8, 4) is 0 Å². The molecule has 98 valence electrons. The van der Waals surface area contributed by atoms with Crippen LogP contribution in [0.4, 0.5) is 0 Å². The Morgan fingerprint density at radius 1 is 1.44 bits per heavy atom. The summed E-state index contributed by atoms with van der Waals surface area (Å²) in [4.78, 5) is 22.1. The van der Waals surface area contributed by atoms with E-state index in [1.54, 1.807) is 25.1 Å². The topological polar surface area (TPSA) is 92.4 Å². The molecule has 0 heterocycles. The summed E-state index contributed by atoms with van der Waals surface area (Å²) in [6.45, 7) is 2.25. The summed E-state index contributed by atoms with van der Waals surface area (Å²) in [5.74, 6) is -1.03. The van der Waals surface area contributed by atoms with Crippen molar-refractivity contribution in [1.29, 1.82) is 0 Å². The summed E-state index contributed by atoms with van der Waals surface area (Å²) in [6.07, 6.45) is 0.904. The van der Waals surface area contributed by atoms with Gasteiger partial charge in [-0.05, 0) is 31.0 Å². The van der Waals surface area contributed by atoms with Gasteiger partial charge >= 0.3 is 5.97 Å². The van der Waals surface area contributed by atoms with Gasteiger partial charge < -0.3 is 16.2 Å². The largest absolute Gasteiger partial charge is 0.478 e. The summed E-state index contributed by atoms with van der Waals surface area (Å²) < 4.78 is 0. The number of nitrogens with one attached hydrogen (secondary N) is 1. The third-order valence-electron chi connectivity index (χ3n) is 2.42. The third-order valence-corrected chi connectivity index (χ3v) is 2.42. The van der Waals surface area contributed by atoms with Crippen molar-refractivity contribution in [2.75, 3.05) is 6.54 Å². The van der Waals surface area contributed by atoms with Crippen molar-refractivity contribution in [3.63, 3.8) is 0 Å². The number of carbonyl (C=O) groups excluding carboxylic acids is 1. The lowest BCUT2D eigenvalue weighted by atomic mass is 10.1. The number of amides is 1. The summed E-state index contributed by atoms with van der Waals surface area (Å²) in [5, 5.41) is 11.6. The van der Waals surface area contributed by atoms with E-state index in [2.05, 4.69) is 5.32 Å². The van der Waals surface area contributed by atoms with Crippen molar-refractivity contribution in [2.45, 2.75) is 25.8 Å². The Morgan fingerprint density at radius 2 is 2.17 bits per heavy atom. The van der Waals surface area contributed by atoms with Gasteiger partial charge in [-0.1, -0.05) is 12.1 Å². The van der Waals surface area contributed by atoms with E-state index < -0.39 is 5.97 Å². The highest BCUT2D eigenvalue weighted by Crippen LogP contribution is 2.05. The van der Waals surface area contributed by atoms with Gasteiger partial charge in [0.25, 0.3) is 0 Å². The van der Waals surface area contributed by atoms with E-state index in [1.807, 2.05) is 6.07 Å². The molecule has 1 unspecified atom stereocenters. The van der Waals surface area contributed by atoms with E-state index in [0.717, 1.165) is 5.56 Å². The fraction of sp³-hybridized carbons (Fsp3) is 0.385. The number of nitrogens with two attached hydrogens (primary N) is 1. The molecule has 18 heavy (non-hydrogen) atoms. The van der Waals surface area contributed by atoms with Crippen molar-refractivity contribution in [1.82, 2.24) is 5.32 Å². The minimum atomic E-state index is -0.946. The molecule has 0 fully saturated rings. The number of carboxylic acid groups (broad SMARTS) is 1. The Hall–Kier alpha value is -1.88. The number of hydrogen-bond donors (Lipinski definition) is 3. The van der Waals surface area contributed by atoms with Crippen LogP contribution in [-0.2, 0) is 11.2 Å². The second-order valence-corrected chi connectivity index (χ2v) is 4.29. The minimum Gasteiger partial charge on any atom is -0.478 e. The zero-order valence-corrected chi connectivity index (χ0v) is 10.3. The van der Waals surface area contributed by atoms with Crippen molar-refractivity contribution >= 4 is 11.9 Å². The first-order valence-corrected chi connectivity index (χ1v) is 5.83. The molecule has 0 radical (unpaired) electrons. The highest BCUT2D eigenvalue weighted by Gasteiger charge is 2.05. The number of rotatable bonds is 6. The third kappa shape index (κ3) is 4.97. The Bertz CT molecular complexity index is 430. The number of benzene rings is 1. The van der Waals surface area contributed by atoms with Crippen molar-refractivity contribution < 1.29 is 14.7 Å². The molecule has 0 saturated heterocycles. The molecular weight excluding hydrogens is 232 g/mol. The summed E-state index contributed by atoms with van der Waals surface area (Å²) in [7, 11) is 0. The van der Waals surface area contributed by atoms with Crippen LogP contribution in [-0.4, -0.2) is 29.6 Å². The molecule has 1 aromatic rings. The maximum absolute atomic E-state index is 11.3. The molecule has 5 nitrogen and oxygen atoms in total. The quantitative estimate of drug-likeness (QED) is 0.695. The van der Waals surface area contributed by atoms with E-state index >= 15 is 0 Å². The van der Waals surface area contributed by atoms with E-state index in [9.17, 15) is 9.59 Å². The molecule has 1 atom stereocenters. The second-order valence-electron chi connectivity index (χ2n) is 4.29. The van der Waals surface area contributed by atoms with Gasteiger partial charge in [0, 0.05) is 19.0 Å². The zero-order valence-electron chi connectivity index (χ0n) is 10.3. The maximum atomic E-state index is 11.3. The first kappa shape index (κ1) is 14.2. The molecule has 0 aliphatic carbocycles. The van der Waals surface area contributed by atoms with Crippen LogP contribution in [0, 0.1) is 0 Å². The van der Waals surface area contributed by atoms with Gasteiger partial charge in [-0.2, -0.15) is 0 Å². The smallest absolute Gasteiger partial charge is 0.335 e. The van der Waals surface area contributed by atoms with Gasteiger partial charge in [0.2, 0.25) is 5.91 Å². The summed E-state index contributed by atoms with van der Waals surface area (Å²) in [5.41, 5.74) is 6.65. The van der Waals surface area contributed by atoms with Crippen LogP contribution in [0.3, 0.4) is 0 Å². The molecule has 0 aliphatic rings. The number of hydrogen-bond acceptors (Lipinski definition) is 3. The second kappa shape index (κ2) is 6.76. The fourth-order valence-electron chi connectivity index (χ4n) is 1.57. The molecule has 1 rings (SSSR count). The van der Waals surface area contributed by atoms with Gasteiger partial charge in [-0.15, -0.1) is 0 Å². The van der Waals surface area contributed by atoms with Crippen LogP contribution in [0.2, 0.25) is 0 Å². The highest BCUT2D eigenvalue weighted by atomic mass is 16.4. The van der Waals surface area contributed by atoms with Crippen LogP contribution in [0.25, 0.3) is 0 Å². The summed E-state index contributed by atoms with van der Waals surface area (Å²) >= 11 is 0. The van der Waals surface area contributed by atoms with Crippen LogP contribution < -0.4 is 11.1 Å². The predicted molar refractivity (Wildman–Crippen MR) is 68.4 cm³/mol. The summed E-state index contributed by atoms with van der Waals surface area (Å²) in [6, 6.07) is 6.54. The predicted octanol–water partition coefficient (Wildman–Crippen LogP) is 0.781. The van der Waals surface area contributed by atoms with Gasteiger partial charge in [0.15, 0.2) is 0 Å².